The van der Waals surface area contributed by atoms with E-state index in [0.717, 1.165) is 24.0 Å². The van der Waals surface area contributed by atoms with Crippen LogP contribution in [0.15, 0.2) is 36.7 Å². The van der Waals surface area contributed by atoms with Gasteiger partial charge in [0.05, 0.1) is 18.6 Å². The third-order valence-electron chi connectivity index (χ3n) is 4.43. The van der Waals surface area contributed by atoms with Crippen molar-refractivity contribution in [3.63, 3.8) is 0 Å². The highest BCUT2D eigenvalue weighted by molar-refractivity contribution is 5.39. The van der Waals surface area contributed by atoms with Crippen LogP contribution in [0.25, 0.3) is 0 Å². The first-order valence-corrected chi connectivity index (χ1v) is 7.58. The highest BCUT2D eigenvalue weighted by atomic mass is 15.1. The Labute approximate surface area is 120 Å². The molecular weight excluding hydrogens is 246 g/mol. The average molecular weight is 269 g/mol. The van der Waals surface area contributed by atoms with Gasteiger partial charge in [-0.2, -0.15) is 0 Å². The second kappa shape index (κ2) is 5.70. The number of benzene rings is 1. The lowest BCUT2D eigenvalue weighted by Gasteiger charge is -2.25. The molecule has 1 heterocycles. The fraction of sp³-hybridized carbons (Fsp3) is 0.471. The van der Waals surface area contributed by atoms with Gasteiger partial charge in [0, 0.05) is 5.92 Å². The Balaban J connectivity index is 1.78. The predicted octanol–water partition coefficient (Wildman–Crippen LogP) is 3.81. The molecule has 3 heteroatoms. The van der Waals surface area contributed by atoms with Gasteiger partial charge in [-0.1, -0.05) is 50.1 Å². The molecule has 0 radical (unpaired) electrons. The molecule has 0 spiro atoms. The van der Waals surface area contributed by atoms with E-state index in [9.17, 15) is 0 Å². The molecule has 1 aromatic carbocycles. The molecule has 2 aromatic rings. The Morgan fingerprint density at radius 3 is 2.80 bits per heavy atom. The molecule has 1 aliphatic rings. The molecule has 3 nitrogen and oxygen atoms in total. The lowest BCUT2D eigenvalue weighted by Crippen LogP contribution is -2.14. The van der Waals surface area contributed by atoms with Crippen LogP contribution in [0, 0.1) is 5.92 Å². The van der Waals surface area contributed by atoms with E-state index in [1.807, 2.05) is 12.4 Å². The number of aromatic nitrogens is 2. The van der Waals surface area contributed by atoms with Crippen LogP contribution in [-0.2, 0) is 6.54 Å². The predicted molar refractivity (Wildman–Crippen MR) is 82.6 cm³/mol. The molecule has 106 valence electrons. The monoisotopic (exact) mass is 269 g/mol. The van der Waals surface area contributed by atoms with Crippen molar-refractivity contribution in [2.24, 2.45) is 5.92 Å². The van der Waals surface area contributed by atoms with Crippen molar-refractivity contribution in [1.82, 2.24) is 9.55 Å². The maximum absolute atomic E-state index is 6.33. The van der Waals surface area contributed by atoms with Gasteiger partial charge in [-0.25, -0.2) is 4.98 Å². The second-order valence-electron chi connectivity index (χ2n) is 6.10. The van der Waals surface area contributed by atoms with Crippen molar-refractivity contribution in [3.05, 3.63) is 47.9 Å². The Hall–Kier alpha value is -1.77. The molecule has 20 heavy (non-hydrogen) atoms. The van der Waals surface area contributed by atoms with Crippen molar-refractivity contribution in [2.75, 3.05) is 5.73 Å². The lowest BCUT2D eigenvalue weighted by atomic mass is 9.81. The molecule has 1 aliphatic carbocycles. The fourth-order valence-electron chi connectivity index (χ4n) is 3.31. The Kier molecular flexibility index (Phi) is 3.77. The van der Waals surface area contributed by atoms with E-state index >= 15 is 0 Å². The summed E-state index contributed by atoms with van der Waals surface area (Å²) in [6, 6.07) is 10.4. The summed E-state index contributed by atoms with van der Waals surface area (Å²) in [6.07, 6.45) is 7.01. The molecule has 2 N–H and O–H groups in total. The van der Waals surface area contributed by atoms with E-state index in [1.54, 1.807) is 0 Å². The largest absolute Gasteiger partial charge is 0.384 e. The van der Waals surface area contributed by atoms with Crippen molar-refractivity contribution >= 4 is 5.82 Å². The van der Waals surface area contributed by atoms with Crippen molar-refractivity contribution in [2.45, 2.75) is 45.1 Å². The van der Waals surface area contributed by atoms with Gasteiger partial charge in [0.2, 0.25) is 0 Å². The van der Waals surface area contributed by atoms with E-state index in [-0.39, 0.29) is 0 Å². The standard InChI is InChI=1S/C17H23N3/c1-13-6-5-9-15(10-13)16-17(18)20(12-19-16)11-14-7-3-2-4-8-14/h2-4,7-8,12-13,15H,5-6,9-11,18H2,1H3. The van der Waals surface area contributed by atoms with E-state index in [2.05, 4.69) is 40.7 Å². The van der Waals surface area contributed by atoms with Crippen molar-refractivity contribution in [1.29, 1.82) is 0 Å². The zero-order valence-electron chi connectivity index (χ0n) is 12.1. The molecule has 2 unspecified atom stereocenters. The highest BCUT2D eigenvalue weighted by Gasteiger charge is 2.24. The summed E-state index contributed by atoms with van der Waals surface area (Å²) in [4.78, 5) is 4.61. The van der Waals surface area contributed by atoms with Gasteiger partial charge in [0.25, 0.3) is 0 Å². The zero-order valence-corrected chi connectivity index (χ0v) is 12.1. The normalized spacial score (nSPS) is 22.9. The van der Waals surface area contributed by atoms with E-state index in [1.165, 1.54) is 31.2 Å². The van der Waals surface area contributed by atoms with Gasteiger partial charge in [-0.3, -0.25) is 0 Å². The quantitative estimate of drug-likeness (QED) is 0.921. The summed E-state index contributed by atoms with van der Waals surface area (Å²) in [5.41, 5.74) is 8.71. The first-order chi connectivity index (χ1) is 9.74. The number of rotatable bonds is 3. The summed E-state index contributed by atoms with van der Waals surface area (Å²) < 4.78 is 2.07. The van der Waals surface area contributed by atoms with Crippen LogP contribution >= 0.6 is 0 Å². The van der Waals surface area contributed by atoms with Crippen LogP contribution in [0.4, 0.5) is 5.82 Å². The summed E-state index contributed by atoms with van der Waals surface area (Å²) in [6.45, 7) is 3.14. The van der Waals surface area contributed by atoms with Crippen LogP contribution in [0.1, 0.15) is 49.8 Å². The van der Waals surface area contributed by atoms with Gasteiger partial charge in [-0.05, 0) is 24.3 Å². The van der Waals surface area contributed by atoms with Gasteiger partial charge in [0.15, 0.2) is 0 Å². The topological polar surface area (TPSA) is 43.8 Å². The number of nitrogens with two attached hydrogens (primary N) is 1. The lowest BCUT2D eigenvalue weighted by molar-refractivity contribution is 0.341. The number of hydrogen-bond acceptors (Lipinski definition) is 2. The van der Waals surface area contributed by atoms with Gasteiger partial charge >= 0.3 is 0 Å². The van der Waals surface area contributed by atoms with Crippen LogP contribution in [0.3, 0.4) is 0 Å². The first kappa shape index (κ1) is 13.2. The van der Waals surface area contributed by atoms with E-state index in [0.29, 0.717) is 5.92 Å². The second-order valence-corrected chi connectivity index (χ2v) is 6.10. The maximum atomic E-state index is 6.33. The summed E-state index contributed by atoms with van der Waals surface area (Å²) >= 11 is 0. The third kappa shape index (κ3) is 2.72. The van der Waals surface area contributed by atoms with Crippen LogP contribution in [0.5, 0.6) is 0 Å². The molecule has 0 saturated heterocycles. The van der Waals surface area contributed by atoms with Crippen molar-refractivity contribution < 1.29 is 0 Å². The first-order valence-electron chi connectivity index (χ1n) is 7.58. The SMILES string of the molecule is CC1CCCC(c2ncn(Cc3ccccc3)c2N)C1. The Morgan fingerprint density at radius 1 is 1.25 bits per heavy atom. The van der Waals surface area contributed by atoms with E-state index < -0.39 is 0 Å². The van der Waals surface area contributed by atoms with Crippen LogP contribution in [0.2, 0.25) is 0 Å². The molecule has 1 fully saturated rings. The summed E-state index contributed by atoms with van der Waals surface area (Å²) in [7, 11) is 0. The molecule has 0 amide bonds. The molecule has 0 bridgehead atoms. The van der Waals surface area contributed by atoms with Crippen molar-refractivity contribution in [3.8, 4) is 0 Å². The minimum absolute atomic E-state index is 0.552. The van der Waals surface area contributed by atoms with Crippen LogP contribution < -0.4 is 5.73 Å². The number of imidazole rings is 1. The summed E-state index contributed by atoms with van der Waals surface area (Å²) in [5.74, 6) is 2.20. The Morgan fingerprint density at radius 2 is 2.05 bits per heavy atom. The number of nitrogens with zero attached hydrogens (tertiary/aromatic N) is 2. The molecular formula is C17H23N3. The molecule has 1 aromatic heterocycles. The minimum Gasteiger partial charge on any atom is -0.384 e. The molecule has 0 aliphatic heterocycles. The molecule has 2 atom stereocenters. The average Bonchev–Trinajstić information content (AvgIpc) is 2.81. The third-order valence-corrected chi connectivity index (χ3v) is 4.43. The molecule has 3 rings (SSSR count). The number of hydrogen-bond donors (Lipinski definition) is 1. The highest BCUT2D eigenvalue weighted by Crippen LogP contribution is 2.37. The number of nitrogen functional groups attached to an aromatic ring is 1. The van der Waals surface area contributed by atoms with Gasteiger partial charge in [-0.15, -0.1) is 0 Å². The number of anilines is 1. The van der Waals surface area contributed by atoms with Gasteiger partial charge < -0.3 is 10.3 Å². The fourth-order valence-corrected chi connectivity index (χ4v) is 3.31. The maximum Gasteiger partial charge on any atom is 0.127 e. The van der Waals surface area contributed by atoms with Gasteiger partial charge in [0.1, 0.15) is 5.82 Å². The smallest absolute Gasteiger partial charge is 0.127 e. The summed E-state index contributed by atoms with van der Waals surface area (Å²) in [5, 5.41) is 0. The Bertz CT molecular complexity index is 559. The zero-order chi connectivity index (χ0) is 13.9. The van der Waals surface area contributed by atoms with Crippen LogP contribution in [-0.4, -0.2) is 9.55 Å². The molecule has 1 saturated carbocycles. The van der Waals surface area contributed by atoms with E-state index in [4.69, 9.17) is 5.73 Å². The minimum atomic E-state index is 0.552.